The SMILES string of the molecule is Cc1onc(-c2ccccc2Cl)c1C(=O)NC1CC1. The molecule has 0 atom stereocenters. The van der Waals surface area contributed by atoms with Crippen LogP contribution in [-0.2, 0) is 0 Å². The van der Waals surface area contributed by atoms with Crippen molar-refractivity contribution in [2.75, 3.05) is 0 Å². The highest BCUT2D eigenvalue weighted by molar-refractivity contribution is 6.33. The third-order valence-corrected chi connectivity index (χ3v) is 3.46. The van der Waals surface area contributed by atoms with E-state index in [-0.39, 0.29) is 5.91 Å². The summed E-state index contributed by atoms with van der Waals surface area (Å²) in [6.07, 6.45) is 2.08. The molecule has 19 heavy (non-hydrogen) atoms. The van der Waals surface area contributed by atoms with Gasteiger partial charge in [-0.2, -0.15) is 0 Å². The van der Waals surface area contributed by atoms with Gasteiger partial charge in [-0.15, -0.1) is 0 Å². The number of amides is 1. The molecule has 1 aromatic carbocycles. The van der Waals surface area contributed by atoms with Crippen molar-refractivity contribution >= 4 is 17.5 Å². The molecule has 1 saturated carbocycles. The third-order valence-electron chi connectivity index (χ3n) is 3.13. The maximum Gasteiger partial charge on any atom is 0.257 e. The molecule has 2 aromatic rings. The molecular weight excluding hydrogens is 264 g/mol. The van der Waals surface area contributed by atoms with E-state index in [1.54, 1.807) is 13.0 Å². The molecule has 3 rings (SSSR count). The van der Waals surface area contributed by atoms with Crippen LogP contribution in [0.15, 0.2) is 28.8 Å². The second-order valence-electron chi connectivity index (χ2n) is 4.69. The van der Waals surface area contributed by atoms with Gasteiger partial charge in [0.05, 0.1) is 5.02 Å². The quantitative estimate of drug-likeness (QED) is 0.937. The van der Waals surface area contributed by atoms with Crippen LogP contribution < -0.4 is 5.32 Å². The average molecular weight is 277 g/mol. The number of hydrogen-bond acceptors (Lipinski definition) is 3. The Balaban J connectivity index is 2.02. The number of carbonyl (C=O) groups is 1. The first-order valence-corrected chi connectivity index (χ1v) is 6.56. The molecule has 0 aliphatic heterocycles. The van der Waals surface area contributed by atoms with Gasteiger partial charge in [0, 0.05) is 11.6 Å². The Morgan fingerprint density at radius 1 is 1.42 bits per heavy atom. The van der Waals surface area contributed by atoms with E-state index in [2.05, 4.69) is 10.5 Å². The average Bonchev–Trinajstić information content (AvgIpc) is 3.11. The van der Waals surface area contributed by atoms with Crippen LogP contribution in [0.5, 0.6) is 0 Å². The zero-order valence-electron chi connectivity index (χ0n) is 10.4. The van der Waals surface area contributed by atoms with E-state index in [0.29, 0.717) is 33.6 Å². The van der Waals surface area contributed by atoms with Gasteiger partial charge >= 0.3 is 0 Å². The van der Waals surface area contributed by atoms with Crippen molar-refractivity contribution in [2.24, 2.45) is 0 Å². The number of halogens is 1. The first-order chi connectivity index (χ1) is 9.16. The van der Waals surface area contributed by atoms with Crippen LogP contribution in [0.1, 0.15) is 29.0 Å². The molecule has 1 heterocycles. The lowest BCUT2D eigenvalue weighted by Crippen LogP contribution is -2.26. The van der Waals surface area contributed by atoms with E-state index >= 15 is 0 Å². The van der Waals surface area contributed by atoms with Crippen molar-refractivity contribution in [3.05, 3.63) is 40.6 Å². The summed E-state index contributed by atoms with van der Waals surface area (Å²) >= 11 is 6.15. The molecule has 1 amide bonds. The molecule has 98 valence electrons. The van der Waals surface area contributed by atoms with Gasteiger partial charge in [-0.25, -0.2) is 0 Å². The minimum atomic E-state index is -0.142. The maximum atomic E-state index is 12.2. The van der Waals surface area contributed by atoms with Gasteiger partial charge < -0.3 is 9.84 Å². The smallest absolute Gasteiger partial charge is 0.257 e. The lowest BCUT2D eigenvalue weighted by atomic mass is 10.1. The van der Waals surface area contributed by atoms with Crippen LogP contribution in [-0.4, -0.2) is 17.1 Å². The number of benzene rings is 1. The Kier molecular flexibility index (Phi) is 3.03. The van der Waals surface area contributed by atoms with Gasteiger partial charge in [0.25, 0.3) is 5.91 Å². The van der Waals surface area contributed by atoms with Crippen molar-refractivity contribution in [1.82, 2.24) is 10.5 Å². The van der Waals surface area contributed by atoms with Crippen LogP contribution >= 0.6 is 11.6 Å². The summed E-state index contributed by atoms with van der Waals surface area (Å²) < 4.78 is 5.16. The Hall–Kier alpha value is -1.81. The molecule has 0 saturated heterocycles. The first kappa shape index (κ1) is 12.2. The van der Waals surface area contributed by atoms with E-state index in [1.807, 2.05) is 18.2 Å². The summed E-state index contributed by atoms with van der Waals surface area (Å²) in [6, 6.07) is 7.58. The Morgan fingerprint density at radius 2 is 2.16 bits per heavy atom. The van der Waals surface area contributed by atoms with Gasteiger partial charge in [0.15, 0.2) is 0 Å². The zero-order valence-corrected chi connectivity index (χ0v) is 11.2. The van der Waals surface area contributed by atoms with E-state index < -0.39 is 0 Å². The standard InChI is InChI=1S/C14H13ClN2O2/c1-8-12(14(18)16-9-6-7-9)13(17-19-8)10-4-2-3-5-11(10)15/h2-5,9H,6-7H2,1H3,(H,16,18). The normalized spacial score (nSPS) is 14.4. The molecule has 5 heteroatoms. The van der Waals surface area contributed by atoms with Crippen LogP contribution in [0.4, 0.5) is 0 Å². The molecule has 0 bridgehead atoms. The topological polar surface area (TPSA) is 55.1 Å². The van der Waals surface area contributed by atoms with Crippen molar-refractivity contribution in [1.29, 1.82) is 0 Å². The van der Waals surface area contributed by atoms with E-state index in [4.69, 9.17) is 16.1 Å². The van der Waals surface area contributed by atoms with Gasteiger partial charge in [-0.3, -0.25) is 4.79 Å². The Morgan fingerprint density at radius 3 is 2.84 bits per heavy atom. The molecule has 1 aliphatic rings. The summed E-state index contributed by atoms with van der Waals surface area (Å²) in [4.78, 5) is 12.2. The predicted molar refractivity (Wildman–Crippen MR) is 72.2 cm³/mol. The lowest BCUT2D eigenvalue weighted by molar-refractivity contribution is 0.0950. The Bertz CT molecular complexity index is 632. The van der Waals surface area contributed by atoms with Crippen LogP contribution in [0.25, 0.3) is 11.3 Å². The highest BCUT2D eigenvalue weighted by Gasteiger charge is 2.28. The van der Waals surface area contributed by atoms with E-state index in [0.717, 1.165) is 12.8 Å². The first-order valence-electron chi connectivity index (χ1n) is 6.19. The van der Waals surface area contributed by atoms with Gasteiger partial charge in [0.1, 0.15) is 17.0 Å². The predicted octanol–water partition coefficient (Wildman–Crippen LogP) is 3.20. The number of aryl methyl sites for hydroxylation is 1. The van der Waals surface area contributed by atoms with Gasteiger partial charge in [-0.1, -0.05) is 35.0 Å². The summed E-state index contributed by atoms with van der Waals surface area (Å²) in [6.45, 7) is 1.73. The summed E-state index contributed by atoms with van der Waals surface area (Å²) in [7, 11) is 0. The highest BCUT2D eigenvalue weighted by atomic mass is 35.5. The molecule has 0 radical (unpaired) electrons. The molecule has 4 nitrogen and oxygen atoms in total. The minimum absolute atomic E-state index is 0.142. The second-order valence-corrected chi connectivity index (χ2v) is 5.10. The fraction of sp³-hybridized carbons (Fsp3) is 0.286. The van der Waals surface area contributed by atoms with Crippen LogP contribution in [0.3, 0.4) is 0 Å². The number of rotatable bonds is 3. The Labute approximate surface area is 115 Å². The molecule has 1 aromatic heterocycles. The van der Waals surface area contributed by atoms with Crippen LogP contribution in [0.2, 0.25) is 5.02 Å². The fourth-order valence-electron chi connectivity index (χ4n) is 1.96. The van der Waals surface area contributed by atoms with Gasteiger partial charge in [0.2, 0.25) is 0 Å². The lowest BCUT2D eigenvalue weighted by Gasteiger charge is -2.05. The largest absolute Gasteiger partial charge is 0.360 e. The number of nitrogens with one attached hydrogen (secondary N) is 1. The summed E-state index contributed by atoms with van der Waals surface area (Å²) in [5, 5.41) is 7.47. The van der Waals surface area contributed by atoms with Gasteiger partial charge in [-0.05, 0) is 25.8 Å². The molecular formula is C14H13ClN2O2. The van der Waals surface area contributed by atoms with Crippen molar-refractivity contribution < 1.29 is 9.32 Å². The maximum absolute atomic E-state index is 12.2. The molecule has 1 fully saturated rings. The molecule has 0 unspecified atom stereocenters. The minimum Gasteiger partial charge on any atom is -0.360 e. The zero-order chi connectivity index (χ0) is 13.4. The molecule has 0 spiro atoms. The van der Waals surface area contributed by atoms with E-state index in [1.165, 1.54) is 0 Å². The number of aromatic nitrogens is 1. The van der Waals surface area contributed by atoms with Crippen molar-refractivity contribution in [3.63, 3.8) is 0 Å². The monoisotopic (exact) mass is 276 g/mol. The highest BCUT2D eigenvalue weighted by Crippen LogP contribution is 2.31. The summed E-state index contributed by atoms with van der Waals surface area (Å²) in [5.74, 6) is 0.365. The molecule has 1 N–H and O–H groups in total. The number of nitrogens with zero attached hydrogens (tertiary/aromatic N) is 1. The third kappa shape index (κ3) is 2.36. The van der Waals surface area contributed by atoms with Crippen molar-refractivity contribution in [2.45, 2.75) is 25.8 Å². The van der Waals surface area contributed by atoms with Crippen LogP contribution in [0, 0.1) is 6.92 Å². The fourth-order valence-corrected chi connectivity index (χ4v) is 2.19. The van der Waals surface area contributed by atoms with E-state index in [9.17, 15) is 4.79 Å². The second kappa shape index (κ2) is 4.70. The number of carbonyl (C=O) groups excluding carboxylic acids is 1. The van der Waals surface area contributed by atoms with Crippen molar-refractivity contribution in [3.8, 4) is 11.3 Å². The summed E-state index contributed by atoms with van der Waals surface area (Å²) in [5.41, 5.74) is 1.68. The number of hydrogen-bond donors (Lipinski definition) is 1. The molecule has 1 aliphatic carbocycles.